The summed E-state index contributed by atoms with van der Waals surface area (Å²) < 4.78 is 0. The first kappa shape index (κ1) is 20.9. The van der Waals surface area contributed by atoms with E-state index in [0.29, 0.717) is 12.1 Å². The van der Waals surface area contributed by atoms with E-state index in [2.05, 4.69) is 47.8 Å². The topological polar surface area (TPSA) is 48.5 Å². The predicted octanol–water partition coefficient (Wildman–Crippen LogP) is 3.70. The molecule has 0 fully saturated rings. The number of hydrogen-bond acceptors (Lipinski definition) is 4. The Bertz CT molecular complexity index is 689. The molecule has 146 valence electrons. The molecule has 0 aliphatic carbocycles. The molecule has 5 nitrogen and oxygen atoms in total. The van der Waals surface area contributed by atoms with Gasteiger partial charge >= 0.3 is 0 Å². The lowest BCUT2D eigenvalue weighted by atomic mass is 10.1. The molecule has 1 aromatic heterocycles. The molecule has 0 radical (unpaired) electrons. The molecule has 27 heavy (non-hydrogen) atoms. The van der Waals surface area contributed by atoms with Gasteiger partial charge < -0.3 is 10.2 Å². The molecule has 2 rings (SSSR count). The number of anilines is 1. The molecule has 0 saturated carbocycles. The van der Waals surface area contributed by atoms with Crippen LogP contribution in [0.2, 0.25) is 0 Å². The van der Waals surface area contributed by atoms with Crippen molar-refractivity contribution in [2.75, 3.05) is 31.1 Å². The molecule has 0 unspecified atom stereocenters. The van der Waals surface area contributed by atoms with Crippen molar-refractivity contribution in [3.05, 3.63) is 59.3 Å². The SMILES string of the molecule is CCN(CC)Cc1ccc(C(=O)NCc2ccc(N(CC)CC)nc2)cc1. The van der Waals surface area contributed by atoms with Gasteiger partial charge in [-0.3, -0.25) is 9.69 Å². The molecule has 0 saturated heterocycles. The van der Waals surface area contributed by atoms with Crippen LogP contribution in [0.25, 0.3) is 0 Å². The van der Waals surface area contributed by atoms with E-state index in [1.807, 2.05) is 42.6 Å². The summed E-state index contributed by atoms with van der Waals surface area (Å²) in [5.41, 5.74) is 2.91. The van der Waals surface area contributed by atoms with Gasteiger partial charge in [-0.05, 0) is 56.3 Å². The average molecular weight is 369 g/mol. The zero-order valence-corrected chi connectivity index (χ0v) is 17.0. The minimum atomic E-state index is -0.0581. The Balaban J connectivity index is 1.90. The summed E-state index contributed by atoms with van der Waals surface area (Å²) in [6, 6.07) is 11.9. The smallest absolute Gasteiger partial charge is 0.251 e. The number of carbonyl (C=O) groups is 1. The number of carbonyl (C=O) groups excluding carboxylic acids is 1. The number of hydrogen-bond donors (Lipinski definition) is 1. The molecule has 1 N–H and O–H groups in total. The zero-order valence-electron chi connectivity index (χ0n) is 17.0. The first-order valence-corrected chi connectivity index (χ1v) is 9.90. The van der Waals surface area contributed by atoms with Crippen LogP contribution >= 0.6 is 0 Å². The Labute approximate surface area is 163 Å². The summed E-state index contributed by atoms with van der Waals surface area (Å²) in [7, 11) is 0. The monoisotopic (exact) mass is 368 g/mol. The highest BCUT2D eigenvalue weighted by Crippen LogP contribution is 2.11. The number of amides is 1. The minimum absolute atomic E-state index is 0.0581. The van der Waals surface area contributed by atoms with Crippen LogP contribution in [0.1, 0.15) is 49.2 Å². The Morgan fingerprint density at radius 2 is 1.52 bits per heavy atom. The third-order valence-electron chi connectivity index (χ3n) is 4.87. The van der Waals surface area contributed by atoms with Crippen LogP contribution in [-0.4, -0.2) is 42.0 Å². The lowest BCUT2D eigenvalue weighted by molar-refractivity contribution is 0.0951. The van der Waals surface area contributed by atoms with Crippen molar-refractivity contribution >= 4 is 11.7 Å². The molecular formula is C22H32N4O. The second kappa shape index (κ2) is 10.7. The van der Waals surface area contributed by atoms with Crippen molar-refractivity contribution in [1.82, 2.24) is 15.2 Å². The van der Waals surface area contributed by atoms with Gasteiger partial charge in [-0.1, -0.05) is 32.0 Å². The maximum atomic E-state index is 12.4. The highest BCUT2D eigenvalue weighted by molar-refractivity contribution is 5.94. The van der Waals surface area contributed by atoms with E-state index in [1.54, 1.807) is 0 Å². The van der Waals surface area contributed by atoms with Crippen LogP contribution in [0.3, 0.4) is 0 Å². The Kier molecular flexibility index (Phi) is 8.27. The third kappa shape index (κ3) is 6.07. The maximum Gasteiger partial charge on any atom is 0.251 e. The molecule has 1 amide bonds. The van der Waals surface area contributed by atoms with E-state index in [4.69, 9.17) is 0 Å². The molecule has 0 aliphatic heterocycles. The summed E-state index contributed by atoms with van der Waals surface area (Å²) in [6.07, 6.45) is 1.83. The van der Waals surface area contributed by atoms with E-state index in [1.165, 1.54) is 5.56 Å². The van der Waals surface area contributed by atoms with Gasteiger partial charge in [0.05, 0.1) is 0 Å². The van der Waals surface area contributed by atoms with Crippen LogP contribution in [0, 0.1) is 0 Å². The minimum Gasteiger partial charge on any atom is -0.357 e. The number of rotatable bonds is 10. The summed E-state index contributed by atoms with van der Waals surface area (Å²) in [5, 5.41) is 2.97. The second-order valence-electron chi connectivity index (χ2n) is 6.54. The van der Waals surface area contributed by atoms with Crippen molar-refractivity contribution in [1.29, 1.82) is 0 Å². The summed E-state index contributed by atoms with van der Waals surface area (Å²) >= 11 is 0. The maximum absolute atomic E-state index is 12.4. The van der Waals surface area contributed by atoms with Gasteiger partial charge in [0.2, 0.25) is 0 Å². The van der Waals surface area contributed by atoms with E-state index in [9.17, 15) is 4.79 Å². The quantitative estimate of drug-likeness (QED) is 0.695. The van der Waals surface area contributed by atoms with Gasteiger partial charge in [-0.15, -0.1) is 0 Å². The van der Waals surface area contributed by atoms with Crippen LogP contribution < -0.4 is 10.2 Å². The first-order valence-electron chi connectivity index (χ1n) is 9.90. The molecule has 2 aromatic rings. The average Bonchev–Trinajstić information content (AvgIpc) is 2.72. The first-order chi connectivity index (χ1) is 13.1. The van der Waals surface area contributed by atoms with Crippen molar-refractivity contribution in [3.8, 4) is 0 Å². The number of nitrogens with zero attached hydrogens (tertiary/aromatic N) is 3. The van der Waals surface area contributed by atoms with Gasteiger partial charge in [-0.2, -0.15) is 0 Å². The highest BCUT2D eigenvalue weighted by Gasteiger charge is 2.08. The molecule has 1 heterocycles. The third-order valence-corrected chi connectivity index (χ3v) is 4.87. The molecule has 0 spiro atoms. The summed E-state index contributed by atoms with van der Waals surface area (Å²) in [6.45, 7) is 13.9. The molecule has 0 aliphatic rings. The Hall–Kier alpha value is -2.40. The second-order valence-corrected chi connectivity index (χ2v) is 6.54. The number of pyridine rings is 1. The van der Waals surface area contributed by atoms with E-state index in [-0.39, 0.29) is 5.91 Å². The summed E-state index contributed by atoms with van der Waals surface area (Å²) in [5.74, 6) is 0.913. The number of benzene rings is 1. The lowest BCUT2D eigenvalue weighted by Gasteiger charge is -2.19. The largest absolute Gasteiger partial charge is 0.357 e. The normalized spacial score (nSPS) is 10.9. The highest BCUT2D eigenvalue weighted by atomic mass is 16.1. The molecule has 0 bridgehead atoms. The Morgan fingerprint density at radius 1 is 0.889 bits per heavy atom. The van der Waals surface area contributed by atoms with E-state index >= 15 is 0 Å². The van der Waals surface area contributed by atoms with Crippen LogP contribution in [0.5, 0.6) is 0 Å². The van der Waals surface area contributed by atoms with Gasteiger partial charge in [0.15, 0.2) is 0 Å². The van der Waals surface area contributed by atoms with Gasteiger partial charge in [0.1, 0.15) is 5.82 Å². The molecule has 0 atom stereocenters. The van der Waals surface area contributed by atoms with Crippen LogP contribution in [0.15, 0.2) is 42.6 Å². The van der Waals surface area contributed by atoms with E-state index < -0.39 is 0 Å². The zero-order chi connectivity index (χ0) is 19.6. The standard InChI is InChI=1S/C22H32N4O/c1-5-25(6-2)17-18-9-12-20(13-10-18)22(27)24-16-19-11-14-21(23-15-19)26(7-3)8-4/h9-15H,5-8,16-17H2,1-4H3,(H,24,27). The van der Waals surface area contributed by atoms with Gasteiger partial charge in [0, 0.05) is 37.9 Å². The van der Waals surface area contributed by atoms with E-state index in [0.717, 1.165) is 44.1 Å². The molecule has 5 heteroatoms. The number of nitrogens with one attached hydrogen (secondary N) is 1. The Morgan fingerprint density at radius 3 is 2.04 bits per heavy atom. The fraction of sp³-hybridized carbons (Fsp3) is 0.455. The summed E-state index contributed by atoms with van der Waals surface area (Å²) in [4.78, 5) is 21.4. The predicted molar refractivity (Wildman–Crippen MR) is 112 cm³/mol. The molecule has 1 aromatic carbocycles. The van der Waals surface area contributed by atoms with Crippen LogP contribution in [0.4, 0.5) is 5.82 Å². The van der Waals surface area contributed by atoms with Crippen molar-refractivity contribution in [3.63, 3.8) is 0 Å². The lowest BCUT2D eigenvalue weighted by Crippen LogP contribution is -2.24. The van der Waals surface area contributed by atoms with Gasteiger partial charge in [0.25, 0.3) is 5.91 Å². The van der Waals surface area contributed by atoms with Gasteiger partial charge in [-0.25, -0.2) is 4.98 Å². The van der Waals surface area contributed by atoms with Crippen LogP contribution in [-0.2, 0) is 13.1 Å². The fourth-order valence-corrected chi connectivity index (χ4v) is 3.01. The van der Waals surface area contributed by atoms with Crippen molar-refractivity contribution in [2.45, 2.75) is 40.8 Å². The molecular weight excluding hydrogens is 336 g/mol. The fourth-order valence-electron chi connectivity index (χ4n) is 3.01. The van der Waals surface area contributed by atoms with Crippen molar-refractivity contribution in [2.24, 2.45) is 0 Å². The number of aromatic nitrogens is 1. The van der Waals surface area contributed by atoms with Crippen molar-refractivity contribution < 1.29 is 4.79 Å².